The van der Waals surface area contributed by atoms with Crippen LogP contribution in [-0.2, 0) is 6.54 Å². The molecule has 7 heteroatoms. The molecule has 0 atom stereocenters. The molecule has 0 bridgehead atoms. The summed E-state index contributed by atoms with van der Waals surface area (Å²) in [7, 11) is 2.16. The average Bonchev–Trinajstić information content (AvgIpc) is 2.78. The minimum absolute atomic E-state index is 0.404. The summed E-state index contributed by atoms with van der Waals surface area (Å²) in [6.45, 7) is 2.67. The number of nitrogens with zero attached hydrogens (tertiary/aromatic N) is 4. The van der Waals surface area contributed by atoms with Crippen molar-refractivity contribution in [1.82, 2.24) is 19.5 Å². The monoisotopic (exact) mass is 338 g/mol. The fourth-order valence-corrected chi connectivity index (χ4v) is 3.03. The van der Waals surface area contributed by atoms with Gasteiger partial charge in [0.2, 0.25) is 0 Å². The first-order valence-electron chi connectivity index (χ1n) is 6.86. The Balaban J connectivity index is 1.80. The standard InChI is InChI=1S/C13H19BrN6/c1-19-6-4-9(5-7-19)16-11-2-3-12-17-10(8-15)13(14)20(12)18-11/h2-3,9H,4-8,15H2,1H3,(H,16,18). The Bertz CT molecular complexity index is 602. The SMILES string of the molecule is CN1CCC(Nc2ccc3nc(CN)c(Br)n3n2)CC1. The number of aromatic nitrogens is 3. The lowest BCUT2D eigenvalue weighted by atomic mass is 10.1. The average molecular weight is 339 g/mol. The molecule has 20 heavy (non-hydrogen) atoms. The second-order valence-corrected chi connectivity index (χ2v) is 6.02. The summed E-state index contributed by atoms with van der Waals surface area (Å²) in [5, 5.41) is 8.09. The van der Waals surface area contributed by atoms with E-state index in [0.29, 0.717) is 12.6 Å². The maximum atomic E-state index is 5.66. The van der Waals surface area contributed by atoms with Crippen molar-refractivity contribution in [2.45, 2.75) is 25.4 Å². The van der Waals surface area contributed by atoms with E-state index < -0.39 is 0 Å². The second kappa shape index (κ2) is 5.67. The number of nitrogens with one attached hydrogen (secondary N) is 1. The minimum atomic E-state index is 0.404. The smallest absolute Gasteiger partial charge is 0.155 e. The minimum Gasteiger partial charge on any atom is -0.366 e. The first kappa shape index (κ1) is 13.8. The molecule has 1 aliphatic heterocycles. The highest BCUT2D eigenvalue weighted by Crippen LogP contribution is 2.20. The van der Waals surface area contributed by atoms with Crippen molar-refractivity contribution in [3.05, 3.63) is 22.4 Å². The predicted octanol–water partition coefficient (Wildman–Crippen LogP) is 1.46. The summed E-state index contributed by atoms with van der Waals surface area (Å²) in [6, 6.07) is 4.44. The van der Waals surface area contributed by atoms with Crippen LogP contribution in [-0.4, -0.2) is 45.7 Å². The summed E-state index contributed by atoms with van der Waals surface area (Å²) in [6.07, 6.45) is 2.30. The topological polar surface area (TPSA) is 71.5 Å². The van der Waals surface area contributed by atoms with E-state index in [0.717, 1.165) is 47.7 Å². The van der Waals surface area contributed by atoms with Crippen molar-refractivity contribution in [3.63, 3.8) is 0 Å². The zero-order valence-corrected chi connectivity index (χ0v) is 13.1. The van der Waals surface area contributed by atoms with Gasteiger partial charge in [-0.1, -0.05) is 0 Å². The Labute approximate surface area is 126 Å². The number of piperidine rings is 1. The first-order valence-corrected chi connectivity index (χ1v) is 7.66. The van der Waals surface area contributed by atoms with E-state index >= 15 is 0 Å². The fourth-order valence-electron chi connectivity index (χ4n) is 2.52. The van der Waals surface area contributed by atoms with E-state index in [9.17, 15) is 0 Å². The lowest BCUT2D eigenvalue weighted by Crippen LogP contribution is -2.36. The molecule has 0 spiro atoms. The number of nitrogens with two attached hydrogens (primary N) is 1. The zero-order valence-electron chi connectivity index (χ0n) is 11.5. The third kappa shape index (κ3) is 2.65. The van der Waals surface area contributed by atoms with Gasteiger partial charge in [0.1, 0.15) is 10.4 Å². The first-order chi connectivity index (χ1) is 9.67. The molecule has 108 valence electrons. The van der Waals surface area contributed by atoms with E-state index in [1.54, 1.807) is 4.52 Å². The lowest BCUT2D eigenvalue weighted by molar-refractivity contribution is 0.263. The van der Waals surface area contributed by atoms with Crippen molar-refractivity contribution in [3.8, 4) is 0 Å². The van der Waals surface area contributed by atoms with E-state index in [2.05, 4.69) is 43.3 Å². The van der Waals surface area contributed by atoms with Crippen LogP contribution in [0.1, 0.15) is 18.5 Å². The third-order valence-electron chi connectivity index (χ3n) is 3.75. The normalized spacial score (nSPS) is 17.8. The van der Waals surface area contributed by atoms with Gasteiger partial charge in [0.15, 0.2) is 5.65 Å². The molecule has 6 nitrogen and oxygen atoms in total. The van der Waals surface area contributed by atoms with Crippen LogP contribution in [0.2, 0.25) is 0 Å². The van der Waals surface area contributed by atoms with Crippen LogP contribution < -0.4 is 11.1 Å². The van der Waals surface area contributed by atoms with Crippen LogP contribution in [0.3, 0.4) is 0 Å². The summed E-state index contributed by atoms with van der Waals surface area (Å²) >= 11 is 3.50. The van der Waals surface area contributed by atoms with Crippen molar-refractivity contribution in [2.24, 2.45) is 5.73 Å². The Kier molecular flexibility index (Phi) is 3.91. The maximum absolute atomic E-state index is 5.66. The predicted molar refractivity (Wildman–Crippen MR) is 82.7 cm³/mol. The van der Waals surface area contributed by atoms with E-state index in [1.165, 1.54) is 0 Å². The zero-order chi connectivity index (χ0) is 14.1. The molecule has 0 aromatic carbocycles. The van der Waals surface area contributed by atoms with Crippen LogP contribution >= 0.6 is 15.9 Å². The van der Waals surface area contributed by atoms with Gasteiger partial charge in [-0.15, -0.1) is 5.10 Å². The molecule has 3 heterocycles. The highest BCUT2D eigenvalue weighted by molar-refractivity contribution is 9.10. The van der Waals surface area contributed by atoms with Crippen molar-refractivity contribution in [1.29, 1.82) is 0 Å². The van der Waals surface area contributed by atoms with Crippen molar-refractivity contribution >= 4 is 27.4 Å². The van der Waals surface area contributed by atoms with Crippen LogP contribution in [0.25, 0.3) is 5.65 Å². The van der Waals surface area contributed by atoms with E-state index in [4.69, 9.17) is 5.73 Å². The van der Waals surface area contributed by atoms with E-state index in [-0.39, 0.29) is 0 Å². The Hall–Kier alpha value is -1.18. The fraction of sp³-hybridized carbons (Fsp3) is 0.538. The largest absolute Gasteiger partial charge is 0.366 e. The second-order valence-electron chi connectivity index (χ2n) is 5.26. The number of rotatable bonds is 3. The lowest BCUT2D eigenvalue weighted by Gasteiger charge is -2.29. The van der Waals surface area contributed by atoms with Gasteiger partial charge in [0.05, 0.1) is 5.69 Å². The molecule has 0 aliphatic carbocycles. The summed E-state index contributed by atoms with van der Waals surface area (Å²) < 4.78 is 2.63. The van der Waals surface area contributed by atoms with Crippen molar-refractivity contribution < 1.29 is 0 Å². The van der Waals surface area contributed by atoms with Gasteiger partial charge in [0, 0.05) is 12.6 Å². The van der Waals surface area contributed by atoms with Gasteiger partial charge in [-0.05, 0) is 61.0 Å². The Morgan fingerprint density at radius 3 is 2.85 bits per heavy atom. The number of fused-ring (bicyclic) bond motifs is 1. The van der Waals surface area contributed by atoms with Gasteiger partial charge >= 0.3 is 0 Å². The molecule has 0 saturated carbocycles. The number of likely N-dealkylation sites (tertiary alicyclic amines) is 1. The molecule has 3 N–H and O–H groups in total. The van der Waals surface area contributed by atoms with Gasteiger partial charge in [0.25, 0.3) is 0 Å². The number of halogens is 1. The molecular formula is C13H19BrN6. The molecular weight excluding hydrogens is 320 g/mol. The molecule has 0 radical (unpaired) electrons. The van der Waals surface area contributed by atoms with Gasteiger partial charge in [-0.2, -0.15) is 0 Å². The Morgan fingerprint density at radius 1 is 1.40 bits per heavy atom. The maximum Gasteiger partial charge on any atom is 0.155 e. The molecule has 1 fully saturated rings. The quantitative estimate of drug-likeness (QED) is 0.886. The number of anilines is 1. The molecule has 0 amide bonds. The highest BCUT2D eigenvalue weighted by Gasteiger charge is 2.17. The van der Waals surface area contributed by atoms with Gasteiger partial charge in [-0.3, -0.25) is 0 Å². The highest BCUT2D eigenvalue weighted by atomic mass is 79.9. The van der Waals surface area contributed by atoms with Crippen LogP contribution in [0.15, 0.2) is 16.7 Å². The molecule has 2 aromatic rings. The summed E-state index contributed by atoms with van der Waals surface area (Å²) in [4.78, 5) is 6.78. The summed E-state index contributed by atoms with van der Waals surface area (Å²) in [5.41, 5.74) is 7.30. The Morgan fingerprint density at radius 2 is 2.15 bits per heavy atom. The number of hydrogen-bond acceptors (Lipinski definition) is 5. The van der Waals surface area contributed by atoms with Crippen LogP contribution in [0.4, 0.5) is 5.82 Å². The van der Waals surface area contributed by atoms with Gasteiger partial charge < -0.3 is 16.0 Å². The van der Waals surface area contributed by atoms with Crippen LogP contribution in [0, 0.1) is 0 Å². The number of imidazole rings is 1. The van der Waals surface area contributed by atoms with E-state index in [1.807, 2.05) is 12.1 Å². The summed E-state index contributed by atoms with van der Waals surface area (Å²) in [5.74, 6) is 0.883. The molecule has 2 aromatic heterocycles. The molecule has 0 unspecified atom stereocenters. The van der Waals surface area contributed by atoms with Crippen LogP contribution in [0.5, 0.6) is 0 Å². The van der Waals surface area contributed by atoms with Gasteiger partial charge in [-0.25, -0.2) is 9.50 Å². The third-order valence-corrected chi connectivity index (χ3v) is 4.55. The number of hydrogen-bond donors (Lipinski definition) is 2. The molecule has 3 rings (SSSR count). The molecule has 1 aliphatic rings. The van der Waals surface area contributed by atoms with Crippen molar-refractivity contribution in [2.75, 3.05) is 25.5 Å². The molecule has 1 saturated heterocycles.